The molecule has 0 unspecified atom stereocenters. The van der Waals surface area contributed by atoms with Crippen molar-refractivity contribution in [2.45, 2.75) is 57.7 Å². The van der Waals surface area contributed by atoms with Gasteiger partial charge >= 0.3 is 0 Å². The lowest BCUT2D eigenvalue weighted by atomic mass is 9.77. The second kappa shape index (κ2) is 6.85. The van der Waals surface area contributed by atoms with Gasteiger partial charge in [0.05, 0.1) is 13.2 Å². The smallest absolute Gasteiger partial charge is 0.210 e. The average Bonchev–Trinajstić information content (AvgIpc) is 2.46. The van der Waals surface area contributed by atoms with Gasteiger partial charge in [-0.15, -0.1) is 0 Å². The van der Waals surface area contributed by atoms with Gasteiger partial charge < -0.3 is 9.64 Å². The van der Waals surface area contributed by atoms with Gasteiger partial charge in [-0.1, -0.05) is 0 Å². The van der Waals surface area contributed by atoms with Gasteiger partial charge in [0.2, 0.25) is 6.41 Å². The van der Waals surface area contributed by atoms with Gasteiger partial charge in [-0.2, -0.15) is 0 Å². The molecule has 0 bridgehead atoms. The Balaban J connectivity index is 1.96. The third kappa shape index (κ3) is 4.00. The molecule has 0 N–H and O–H groups in total. The van der Waals surface area contributed by atoms with Gasteiger partial charge in [0.1, 0.15) is 0 Å². The van der Waals surface area contributed by atoms with Crippen LogP contribution in [0.3, 0.4) is 0 Å². The topological polar surface area (TPSA) is 36.0 Å². The molecule has 2 aliphatic rings. The quantitative estimate of drug-likeness (QED) is 0.720. The summed E-state index contributed by atoms with van der Waals surface area (Å²) in [6.45, 7) is 14.5. The number of hydrogen-bond donors (Lipinski definition) is 0. The van der Waals surface area contributed by atoms with Gasteiger partial charge in [0.15, 0.2) is 0 Å². The van der Waals surface area contributed by atoms with Crippen molar-refractivity contribution in [1.29, 1.82) is 0 Å². The van der Waals surface area contributed by atoms with Crippen LogP contribution < -0.4 is 0 Å². The van der Waals surface area contributed by atoms with E-state index in [4.69, 9.17) is 4.74 Å². The fraction of sp³-hybridized carbons (Fsp3) is 0.941. The van der Waals surface area contributed by atoms with E-state index in [1.54, 1.807) is 0 Å². The van der Waals surface area contributed by atoms with E-state index in [0.717, 1.165) is 58.6 Å². The lowest BCUT2D eigenvalue weighted by Gasteiger charge is -2.55. The zero-order valence-electron chi connectivity index (χ0n) is 15.0. The van der Waals surface area contributed by atoms with Crippen LogP contribution in [0.4, 0.5) is 0 Å². The van der Waals surface area contributed by atoms with Crippen molar-refractivity contribution in [3.63, 3.8) is 0 Å². The minimum Gasteiger partial charge on any atom is -0.379 e. The molecule has 1 amide bonds. The van der Waals surface area contributed by atoms with Crippen LogP contribution in [-0.2, 0) is 9.53 Å². The number of amides is 1. The van der Waals surface area contributed by atoms with Gasteiger partial charge in [0, 0.05) is 43.3 Å². The van der Waals surface area contributed by atoms with Crippen LogP contribution in [0.5, 0.6) is 0 Å². The first-order chi connectivity index (χ1) is 10.3. The van der Waals surface area contributed by atoms with Crippen LogP contribution in [0.15, 0.2) is 0 Å². The number of likely N-dealkylation sites (tertiary alicyclic amines) is 1. The first kappa shape index (κ1) is 17.7. The number of carbonyl (C=O) groups is 1. The summed E-state index contributed by atoms with van der Waals surface area (Å²) in [6.07, 6.45) is 3.13. The minimum atomic E-state index is 0.118. The number of morpholine rings is 1. The molecule has 2 rings (SSSR count). The number of carbonyl (C=O) groups excluding carboxylic acids is 1. The maximum absolute atomic E-state index is 11.6. The zero-order chi connectivity index (χ0) is 16.4. The van der Waals surface area contributed by atoms with E-state index in [0.29, 0.717) is 6.04 Å². The summed E-state index contributed by atoms with van der Waals surface area (Å²) in [6, 6.07) is 0.333. The van der Waals surface area contributed by atoms with E-state index in [9.17, 15) is 4.79 Å². The Kier molecular flexibility index (Phi) is 5.51. The van der Waals surface area contributed by atoms with E-state index >= 15 is 0 Å². The lowest BCUT2D eigenvalue weighted by Crippen LogP contribution is -2.62. The number of ether oxygens (including phenoxy) is 1. The fourth-order valence-electron chi connectivity index (χ4n) is 3.96. The first-order valence-corrected chi connectivity index (χ1v) is 8.51. The molecular weight excluding hydrogens is 278 g/mol. The molecule has 0 radical (unpaired) electrons. The molecule has 128 valence electrons. The van der Waals surface area contributed by atoms with Crippen molar-refractivity contribution in [2.24, 2.45) is 0 Å². The number of nitrogens with zero attached hydrogens (tertiary/aromatic N) is 3. The van der Waals surface area contributed by atoms with E-state index < -0.39 is 0 Å². The van der Waals surface area contributed by atoms with Gasteiger partial charge in [-0.3, -0.25) is 14.6 Å². The second-order valence-corrected chi connectivity index (χ2v) is 8.04. The summed E-state index contributed by atoms with van der Waals surface area (Å²) in [5.41, 5.74) is 0.235. The van der Waals surface area contributed by atoms with Crippen LogP contribution in [-0.4, -0.2) is 84.7 Å². The molecule has 0 aromatic heterocycles. The molecule has 2 saturated heterocycles. The SMILES string of the molecule is CN1C(C)(C)CC(N(C=O)CCN2CCOCC2)CC1(C)C. The van der Waals surface area contributed by atoms with Crippen molar-refractivity contribution in [3.05, 3.63) is 0 Å². The van der Waals surface area contributed by atoms with Crippen molar-refractivity contribution >= 4 is 6.41 Å². The van der Waals surface area contributed by atoms with Gasteiger partial charge in [0.25, 0.3) is 0 Å². The minimum absolute atomic E-state index is 0.118. The van der Waals surface area contributed by atoms with Crippen molar-refractivity contribution in [3.8, 4) is 0 Å². The maximum Gasteiger partial charge on any atom is 0.210 e. The Hall–Kier alpha value is -0.650. The molecule has 22 heavy (non-hydrogen) atoms. The van der Waals surface area contributed by atoms with Gasteiger partial charge in [-0.05, 0) is 47.6 Å². The zero-order valence-corrected chi connectivity index (χ0v) is 15.0. The van der Waals surface area contributed by atoms with Crippen molar-refractivity contribution < 1.29 is 9.53 Å². The largest absolute Gasteiger partial charge is 0.379 e. The number of hydrogen-bond acceptors (Lipinski definition) is 4. The van der Waals surface area contributed by atoms with Crippen LogP contribution in [0.25, 0.3) is 0 Å². The predicted octanol–water partition coefficient (Wildman–Crippen LogP) is 1.43. The highest BCUT2D eigenvalue weighted by Gasteiger charge is 2.44. The monoisotopic (exact) mass is 311 g/mol. The fourth-order valence-corrected chi connectivity index (χ4v) is 3.96. The second-order valence-electron chi connectivity index (χ2n) is 8.04. The summed E-state index contributed by atoms with van der Waals surface area (Å²) >= 11 is 0. The highest BCUT2D eigenvalue weighted by molar-refractivity contribution is 5.48. The summed E-state index contributed by atoms with van der Waals surface area (Å²) in [5.74, 6) is 0. The van der Waals surface area contributed by atoms with Crippen molar-refractivity contribution in [1.82, 2.24) is 14.7 Å². The Morgan fingerprint density at radius 1 is 1.14 bits per heavy atom. The molecule has 0 atom stereocenters. The molecule has 0 aromatic carbocycles. The van der Waals surface area contributed by atoms with E-state index in [2.05, 4.69) is 44.5 Å². The summed E-state index contributed by atoms with van der Waals surface area (Å²) < 4.78 is 5.39. The predicted molar refractivity (Wildman–Crippen MR) is 89.0 cm³/mol. The number of rotatable bonds is 5. The average molecular weight is 311 g/mol. The highest BCUT2D eigenvalue weighted by atomic mass is 16.5. The number of piperidine rings is 1. The van der Waals surface area contributed by atoms with Crippen LogP contribution >= 0.6 is 0 Å². The van der Waals surface area contributed by atoms with E-state index in [-0.39, 0.29) is 11.1 Å². The summed E-state index contributed by atoms with van der Waals surface area (Å²) in [4.78, 5) is 18.5. The molecule has 5 nitrogen and oxygen atoms in total. The molecule has 0 aromatic rings. The normalized spacial score (nSPS) is 26.8. The molecule has 2 heterocycles. The van der Waals surface area contributed by atoms with Crippen LogP contribution in [0.1, 0.15) is 40.5 Å². The maximum atomic E-state index is 11.6. The molecule has 2 fully saturated rings. The molecule has 0 saturated carbocycles. The highest BCUT2D eigenvalue weighted by Crippen LogP contribution is 2.38. The standard InChI is InChI=1S/C17H33N3O2/c1-16(2)12-15(13-17(3,4)18(16)5)20(14-21)7-6-19-8-10-22-11-9-19/h14-15H,6-13H2,1-5H3. The van der Waals surface area contributed by atoms with E-state index in [1.807, 2.05) is 4.90 Å². The Morgan fingerprint density at radius 2 is 1.68 bits per heavy atom. The Morgan fingerprint density at radius 3 is 2.18 bits per heavy atom. The third-order valence-corrected chi connectivity index (χ3v) is 5.67. The van der Waals surface area contributed by atoms with Crippen LogP contribution in [0.2, 0.25) is 0 Å². The molecule has 0 spiro atoms. The lowest BCUT2D eigenvalue weighted by molar-refractivity contribution is -0.125. The molecule has 0 aliphatic carbocycles. The summed E-state index contributed by atoms with van der Waals surface area (Å²) in [5, 5.41) is 0. The Labute approximate surface area is 135 Å². The Bertz CT molecular complexity index is 360. The van der Waals surface area contributed by atoms with E-state index in [1.165, 1.54) is 0 Å². The van der Waals surface area contributed by atoms with Crippen LogP contribution in [0, 0.1) is 0 Å². The molecular formula is C17H33N3O2. The molecule has 2 aliphatic heterocycles. The first-order valence-electron chi connectivity index (χ1n) is 8.51. The third-order valence-electron chi connectivity index (χ3n) is 5.67. The summed E-state index contributed by atoms with van der Waals surface area (Å²) in [7, 11) is 2.20. The molecule has 5 heteroatoms. The van der Waals surface area contributed by atoms with Crippen molar-refractivity contribution in [2.75, 3.05) is 46.4 Å². The van der Waals surface area contributed by atoms with Gasteiger partial charge in [-0.25, -0.2) is 0 Å².